The van der Waals surface area contributed by atoms with E-state index in [-0.39, 0.29) is 5.75 Å². The Morgan fingerprint density at radius 3 is 2.69 bits per heavy atom. The lowest BCUT2D eigenvalue weighted by Gasteiger charge is -2.07. The molecular weight excluding hydrogens is 390 g/mol. The van der Waals surface area contributed by atoms with Gasteiger partial charge < -0.3 is 19.2 Å². The minimum absolute atomic E-state index is 0.0895. The highest BCUT2D eigenvalue weighted by Gasteiger charge is 2.13. The Hall–Kier alpha value is -3.52. The van der Waals surface area contributed by atoms with Crippen molar-refractivity contribution in [2.24, 2.45) is 0 Å². The van der Waals surface area contributed by atoms with Crippen LogP contribution in [0, 0.1) is 0 Å². The van der Waals surface area contributed by atoms with Crippen LogP contribution in [0.3, 0.4) is 0 Å². The third-order valence-electron chi connectivity index (χ3n) is 4.00. The van der Waals surface area contributed by atoms with Crippen LogP contribution < -0.4 is 4.74 Å². The number of ether oxygens (including phenoxy) is 1. The fourth-order valence-corrected chi connectivity index (χ4v) is 3.18. The van der Waals surface area contributed by atoms with Crippen molar-refractivity contribution >= 4 is 17.7 Å². The fourth-order valence-electron chi connectivity index (χ4n) is 2.65. The van der Waals surface area contributed by atoms with E-state index in [0.717, 1.165) is 28.6 Å². The number of carboxylic acids is 1. The minimum Gasteiger partial charge on any atom is -0.489 e. The molecule has 0 aliphatic carbocycles. The maximum absolute atomic E-state index is 10.7. The van der Waals surface area contributed by atoms with E-state index < -0.39 is 5.97 Å². The van der Waals surface area contributed by atoms with Gasteiger partial charge in [-0.2, -0.15) is 0 Å². The number of hydrogen-bond donors (Lipinski definition) is 2. The first-order valence-electron chi connectivity index (χ1n) is 8.82. The Balaban J connectivity index is 1.46. The van der Waals surface area contributed by atoms with Gasteiger partial charge in [0, 0.05) is 5.56 Å². The summed E-state index contributed by atoms with van der Waals surface area (Å²) >= 11 is 1.07. The highest BCUT2D eigenvalue weighted by atomic mass is 32.2. The van der Waals surface area contributed by atoms with Gasteiger partial charge >= 0.3 is 5.97 Å². The lowest BCUT2D eigenvalue weighted by atomic mass is 10.1. The number of aromatic nitrogens is 3. The van der Waals surface area contributed by atoms with Crippen LogP contribution in [0.15, 0.2) is 76.3 Å². The van der Waals surface area contributed by atoms with Crippen LogP contribution in [0.2, 0.25) is 0 Å². The predicted molar refractivity (Wildman–Crippen MR) is 109 cm³/mol. The summed E-state index contributed by atoms with van der Waals surface area (Å²) in [5, 5.41) is 17.1. The van der Waals surface area contributed by atoms with Crippen LogP contribution in [-0.2, 0) is 11.4 Å². The lowest BCUT2D eigenvalue weighted by molar-refractivity contribution is -0.133. The molecule has 8 heteroatoms. The fraction of sp³-hybridized carbons (Fsp3) is 0.0952. The average molecular weight is 407 g/mol. The molecule has 0 saturated carbocycles. The summed E-state index contributed by atoms with van der Waals surface area (Å²) in [5.41, 5.74) is 1.97. The van der Waals surface area contributed by atoms with Gasteiger partial charge in [0.25, 0.3) is 0 Å². The molecule has 2 aromatic carbocycles. The summed E-state index contributed by atoms with van der Waals surface area (Å²) < 4.78 is 11.8. The Kier molecular flexibility index (Phi) is 5.62. The molecule has 0 amide bonds. The highest BCUT2D eigenvalue weighted by molar-refractivity contribution is 7.99. The first-order chi connectivity index (χ1) is 14.2. The standard InChI is InChI=1S/C21H17N3O4S/c25-19(26)13-29-21-22-20(23-24-21)18-10-9-17(28-18)15-7-4-8-16(11-15)27-12-14-5-2-1-3-6-14/h1-11H,12-13H2,(H,25,26)(H,22,23,24). The Morgan fingerprint density at radius 2 is 1.86 bits per heavy atom. The Morgan fingerprint density at radius 1 is 1.03 bits per heavy atom. The van der Waals surface area contributed by atoms with Crippen molar-refractivity contribution in [2.75, 3.05) is 5.75 Å². The molecule has 0 unspecified atom stereocenters. The number of nitrogens with one attached hydrogen (secondary N) is 1. The van der Waals surface area contributed by atoms with Crippen LogP contribution in [0.4, 0.5) is 0 Å². The summed E-state index contributed by atoms with van der Waals surface area (Å²) in [4.78, 5) is 13.6. The third kappa shape index (κ3) is 4.85. The second-order valence-electron chi connectivity index (χ2n) is 6.13. The molecule has 2 aromatic heterocycles. The number of carbonyl (C=O) groups is 1. The molecule has 7 nitrogen and oxygen atoms in total. The zero-order valence-electron chi connectivity index (χ0n) is 15.2. The monoisotopic (exact) mass is 407 g/mol. The molecular formula is C21H17N3O4S. The number of benzene rings is 2. The Bertz CT molecular complexity index is 1110. The molecule has 4 rings (SSSR count). The number of H-pyrrole nitrogens is 1. The second kappa shape index (κ2) is 8.66. The van der Waals surface area contributed by atoms with Crippen molar-refractivity contribution in [1.82, 2.24) is 15.2 Å². The number of thioether (sulfide) groups is 1. The maximum Gasteiger partial charge on any atom is 0.313 e. The van der Waals surface area contributed by atoms with Gasteiger partial charge in [0.05, 0.1) is 5.75 Å². The normalized spacial score (nSPS) is 10.8. The number of nitrogens with zero attached hydrogens (tertiary/aromatic N) is 2. The zero-order chi connectivity index (χ0) is 20.1. The molecule has 2 N–H and O–H groups in total. The Labute approximate surface area is 170 Å². The van der Waals surface area contributed by atoms with E-state index in [1.165, 1.54) is 0 Å². The number of aromatic amines is 1. The van der Waals surface area contributed by atoms with Gasteiger partial charge in [0.1, 0.15) is 18.1 Å². The number of rotatable bonds is 8. The van der Waals surface area contributed by atoms with E-state index in [1.54, 1.807) is 6.07 Å². The van der Waals surface area contributed by atoms with Crippen molar-refractivity contribution in [1.29, 1.82) is 0 Å². The molecule has 0 fully saturated rings. The maximum atomic E-state index is 10.7. The highest BCUT2D eigenvalue weighted by Crippen LogP contribution is 2.29. The van der Waals surface area contributed by atoms with Crippen LogP contribution >= 0.6 is 11.8 Å². The predicted octanol–water partition coefficient (Wildman–Crippen LogP) is 4.49. The number of carboxylic acid groups (broad SMARTS) is 1. The average Bonchev–Trinajstić information content (AvgIpc) is 3.41. The molecule has 0 spiro atoms. The van der Waals surface area contributed by atoms with E-state index in [2.05, 4.69) is 15.2 Å². The number of aliphatic carboxylic acids is 1. The van der Waals surface area contributed by atoms with Gasteiger partial charge in [-0.25, -0.2) is 0 Å². The molecule has 0 bridgehead atoms. The smallest absolute Gasteiger partial charge is 0.313 e. The molecule has 0 atom stereocenters. The largest absolute Gasteiger partial charge is 0.489 e. The molecule has 2 heterocycles. The molecule has 0 radical (unpaired) electrons. The molecule has 29 heavy (non-hydrogen) atoms. The third-order valence-corrected chi connectivity index (χ3v) is 4.85. The summed E-state index contributed by atoms with van der Waals surface area (Å²) in [5.74, 6) is 1.37. The van der Waals surface area contributed by atoms with E-state index in [1.807, 2.05) is 60.7 Å². The summed E-state index contributed by atoms with van der Waals surface area (Å²) in [6.45, 7) is 0.489. The molecule has 0 aliphatic rings. The zero-order valence-corrected chi connectivity index (χ0v) is 16.1. The van der Waals surface area contributed by atoms with Gasteiger partial charge in [-0.15, -0.1) is 10.2 Å². The van der Waals surface area contributed by atoms with E-state index >= 15 is 0 Å². The van der Waals surface area contributed by atoms with Crippen molar-refractivity contribution in [3.8, 4) is 28.7 Å². The van der Waals surface area contributed by atoms with Crippen molar-refractivity contribution in [3.05, 3.63) is 72.3 Å². The first-order valence-corrected chi connectivity index (χ1v) is 9.80. The van der Waals surface area contributed by atoms with Gasteiger partial charge in [0.2, 0.25) is 0 Å². The van der Waals surface area contributed by atoms with Crippen LogP contribution in [0.5, 0.6) is 5.75 Å². The van der Waals surface area contributed by atoms with E-state index in [4.69, 9.17) is 14.3 Å². The van der Waals surface area contributed by atoms with Gasteiger partial charge in [0.15, 0.2) is 16.7 Å². The van der Waals surface area contributed by atoms with E-state index in [9.17, 15) is 4.79 Å². The van der Waals surface area contributed by atoms with Crippen molar-refractivity contribution in [2.45, 2.75) is 11.8 Å². The van der Waals surface area contributed by atoms with Crippen molar-refractivity contribution < 1.29 is 19.1 Å². The van der Waals surface area contributed by atoms with Crippen molar-refractivity contribution in [3.63, 3.8) is 0 Å². The molecule has 146 valence electrons. The summed E-state index contributed by atoms with van der Waals surface area (Å²) in [6.07, 6.45) is 0. The summed E-state index contributed by atoms with van der Waals surface area (Å²) in [7, 11) is 0. The minimum atomic E-state index is -0.914. The van der Waals surface area contributed by atoms with Gasteiger partial charge in [-0.05, 0) is 29.8 Å². The van der Waals surface area contributed by atoms with Crippen LogP contribution in [0.1, 0.15) is 5.56 Å². The molecule has 4 aromatic rings. The van der Waals surface area contributed by atoms with Crippen LogP contribution in [0.25, 0.3) is 22.9 Å². The summed E-state index contributed by atoms with van der Waals surface area (Å²) in [6, 6.07) is 21.3. The first kappa shape index (κ1) is 18.8. The lowest BCUT2D eigenvalue weighted by Crippen LogP contribution is -1.97. The molecule has 0 aliphatic heterocycles. The molecule has 0 saturated heterocycles. The van der Waals surface area contributed by atoms with E-state index in [0.29, 0.717) is 29.1 Å². The van der Waals surface area contributed by atoms with Gasteiger partial charge in [-0.1, -0.05) is 54.2 Å². The SMILES string of the molecule is O=C(O)CSc1nnc(-c2ccc(-c3cccc(OCc4ccccc4)c3)o2)[nH]1. The van der Waals surface area contributed by atoms with Gasteiger partial charge in [-0.3, -0.25) is 4.79 Å². The number of hydrogen-bond acceptors (Lipinski definition) is 6. The topological polar surface area (TPSA) is 101 Å². The second-order valence-corrected chi connectivity index (χ2v) is 7.09. The number of furan rings is 1. The quantitative estimate of drug-likeness (QED) is 0.415. The van der Waals surface area contributed by atoms with Crippen LogP contribution in [-0.4, -0.2) is 32.0 Å².